The number of nitrogens with zero attached hydrogens (tertiary/aromatic N) is 1. The Kier molecular flexibility index (Phi) is 5.34. The van der Waals surface area contributed by atoms with Gasteiger partial charge in [0.1, 0.15) is 5.60 Å². The number of terminal acetylenes is 1. The van der Waals surface area contributed by atoms with Crippen molar-refractivity contribution in [3.05, 3.63) is 0 Å². The molecule has 0 fully saturated rings. The Balaban J connectivity index is 4.41. The summed E-state index contributed by atoms with van der Waals surface area (Å²) in [6.07, 6.45) is 4.73. The second kappa shape index (κ2) is 5.98. The van der Waals surface area contributed by atoms with Gasteiger partial charge >= 0.3 is 6.09 Å². The molecule has 82 valence electrons. The van der Waals surface area contributed by atoms with Crippen LogP contribution in [-0.2, 0) is 4.74 Å². The molecule has 0 aliphatic rings. The number of hydrogen-bond acceptors (Lipinski definition) is 2. The summed E-state index contributed by atoms with van der Waals surface area (Å²) >= 11 is 0. The van der Waals surface area contributed by atoms with Crippen molar-refractivity contribution in [1.82, 2.24) is 4.90 Å². The van der Waals surface area contributed by atoms with Crippen molar-refractivity contribution in [2.24, 2.45) is 0 Å². The standard InChI is InChI=1S/C12H17NO2/c1-6-8-10-13(9-7-2)11(14)15-12(3,4)5/h2H,9-10H2,1,3-5H3. The van der Waals surface area contributed by atoms with Crippen LogP contribution in [0.3, 0.4) is 0 Å². The van der Waals surface area contributed by atoms with Gasteiger partial charge < -0.3 is 4.74 Å². The fourth-order valence-corrected chi connectivity index (χ4v) is 0.796. The Hall–Kier alpha value is -1.61. The lowest BCUT2D eigenvalue weighted by molar-refractivity contribution is 0.0299. The van der Waals surface area contributed by atoms with Crippen molar-refractivity contribution in [3.8, 4) is 24.2 Å². The van der Waals surface area contributed by atoms with Crippen molar-refractivity contribution in [1.29, 1.82) is 0 Å². The third-order valence-corrected chi connectivity index (χ3v) is 1.38. The van der Waals surface area contributed by atoms with E-state index < -0.39 is 11.7 Å². The van der Waals surface area contributed by atoms with Gasteiger partial charge in [-0.15, -0.1) is 12.3 Å². The highest BCUT2D eigenvalue weighted by Gasteiger charge is 2.20. The molecular weight excluding hydrogens is 190 g/mol. The van der Waals surface area contributed by atoms with Gasteiger partial charge in [-0.1, -0.05) is 11.8 Å². The van der Waals surface area contributed by atoms with Crippen LogP contribution in [0.4, 0.5) is 4.79 Å². The summed E-state index contributed by atoms with van der Waals surface area (Å²) in [7, 11) is 0. The molecule has 0 aromatic carbocycles. The third-order valence-electron chi connectivity index (χ3n) is 1.38. The zero-order valence-electron chi connectivity index (χ0n) is 9.76. The van der Waals surface area contributed by atoms with E-state index in [2.05, 4.69) is 17.8 Å². The summed E-state index contributed by atoms with van der Waals surface area (Å²) in [4.78, 5) is 13.0. The van der Waals surface area contributed by atoms with E-state index in [1.54, 1.807) is 6.92 Å². The maximum absolute atomic E-state index is 11.6. The minimum atomic E-state index is -0.510. The van der Waals surface area contributed by atoms with Crippen LogP contribution in [0.1, 0.15) is 27.7 Å². The van der Waals surface area contributed by atoms with Gasteiger partial charge in [-0.05, 0) is 27.7 Å². The molecule has 0 spiro atoms. The highest BCUT2D eigenvalue weighted by atomic mass is 16.6. The molecule has 0 rings (SSSR count). The van der Waals surface area contributed by atoms with E-state index in [-0.39, 0.29) is 6.54 Å². The second-order valence-corrected chi connectivity index (χ2v) is 3.97. The monoisotopic (exact) mass is 207 g/mol. The normalized spacial score (nSPS) is 9.53. The topological polar surface area (TPSA) is 29.5 Å². The van der Waals surface area contributed by atoms with Gasteiger partial charge in [-0.3, -0.25) is 4.90 Å². The van der Waals surface area contributed by atoms with Gasteiger partial charge in [0.05, 0.1) is 13.1 Å². The average molecular weight is 207 g/mol. The molecule has 0 bridgehead atoms. The van der Waals surface area contributed by atoms with Gasteiger partial charge in [0.2, 0.25) is 0 Å². The number of carbonyl (C=O) groups excluding carboxylic acids is 1. The molecule has 1 amide bonds. The predicted octanol–water partition coefficient (Wildman–Crippen LogP) is 1.88. The fraction of sp³-hybridized carbons (Fsp3) is 0.583. The van der Waals surface area contributed by atoms with Gasteiger partial charge in [0.25, 0.3) is 0 Å². The van der Waals surface area contributed by atoms with Crippen LogP contribution in [0.15, 0.2) is 0 Å². The maximum Gasteiger partial charge on any atom is 0.411 e. The summed E-state index contributed by atoms with van der Waals surface area (Å²) < 4.78 is 5.17. The first-order valence-electron chi connectivity index (χ1n) is 4.71. The smallest absolute Gasteiger partial charge is 0.411 e. The molecule has 15 heavy (non-hydrogen) atoms. The largest absolute Gasteiger partial charge is 0.444 e. The van der Waals surface area contributed by atoms with Gasteiger partial charge in [-0.25, -0.2) is 4.79 Å². The SMILES string of the molecule is C#CCN(CC#CC)C(=O)OC(C)(C)C. The van der Waals surface area contributed by atoms with E-state index in [9.17, 15) is 4.79 Å². The molecule has 0 aliphatic heterocycles. The van der Waals surface area contributed by atoms with E-state index in [1.807, 2.05) is 20.8 Å². The number of rotatable bonds is 2. The molecular formula is C12H17NO2. The van der Waals surface area contributed by atoms with E-state index in [0.29, 0.717) is 6.54 Å². The minimum Gasteiger partial charge on any atom is -0.444 e. The van der Waals surface area contributed by atoms with Crippen LogP contribution in [0, 0.1) is 24.2 Å². The van der Waals surface area contributed by atoms with E-state index in [1.165, 1.54) is 4.90 Å². The maximum atomic E-state index is 11.6. The molecule has 0 saturated heterocycles. The highest BCUT2D eigenvalue weighted by Crippen LogP contribution is 2.09. The molecule has 0 aromatic rings. The van der Waals surface area contributed by atoms with Crippen molar-refractivity contribution >= 4 is 6.09 Å². The number of carbonyl (C=O) groups is 1. The summed E-state index contributed by atoms with van der Waals surface area (Å²) in [5, 5.41) is 0. The van der Waals surface area contributed by atoms with Crippen molar-refractivity contribution < 1.29 is 9.53 Å². The van der Waals surface area contributed by atoms with Crippen molar-refractivity contribution in [2.75, 3.05) is 13.1 Å². The van der Waals surface area contributed by atoms with E-state index in [0.717, 1.165) is 0 Å². The lowest BCUT2D eigenvalue weighted by atomic mass is 10.2. The molecule has 0 heterocycles. The Morgan fingerprint density at radius 3 is 2.40 bits per heavy atom. The zero-order chi connectivity index (χ0) is 11.9. The number of hydrogen-bond donors (Lipinski definition) is 0. The number of ether oxygens (including phenoxy) is 1. The molecule has 0 aromatic heterocycles. The lowest BCUT2D eigenvalue weighted by Gasteiger charge is -2.24. The average Bonchev–Trinajstić information content (AvgIpc) is 2.09. The molecule has 3 heteroatoms. The van der Waals surface area contributed by atoms with Gasteiger partial charge in [0, 0.05) is 0 Å². The number of amides is 1. The van der Waals surface area contributed by atoms with Crippen LogP contribution in [0.2, 0.25) is 0 Å². The van der Waals surface area contributed by atoms with Crippen LogP contribution in [0.25, 0.3) is 0 Å². The molecule has 0 atom stereocenters. The first kappa shape index (κ1) is 13.4. The predicted molar refractivity (Wildman–Crippen MR) is 60.1 cm³/mol. The lowest BCUT2D eigenvalue weighted by Crippen LogP contribution is -2.37. The quantitative estimate of drug-likeness (QED) is 0.647. The zero-order valence-corrected chi connectivity index (χ0v) is 9.76. The van der Waals surface area contributed by atoms with Crippen LogP contribution in [-0.4, -0.2) is 29.7 Å². The van der Waals surface area contributed by atoms with Gasteiger partial charge in [0.15, 0.2) is 0 Å². The van der Waals surface area contributed by atoms with Crippen molar-refractivity contribution in [3.63, 3.8) is 0 Å². The third kappa shape index (κ3) is 6.46. The fourth-order valence-electron chi connectivity index (χ4n) is 0.796. The Labute approximate surface area is 91.8 Å². The van der Waals surface area contributed by atoms with Crippen LogP contribution in [0.5, 0.6) is 0 Å². The Bertz CT molecular complexity index is 309. The van der Waals surface area contributed by atoms with E-state index in [4.69, 9.17) is 11.2 Å². The first-order chi connectivity index (χ1) is 6.90. The molecule has 0 aliphatic carbocycles. The van der Waals surface area contributed by atoms with E-state index >= 15 is 0 Å². The summed E-state index contributed by atoms with van der Waals surface area (Å²) in [6.45, 7) is 7.65. The molecule has 0 radical (unpaired) electrons. The molecule has 0 saturated carbocycles. The summed E-state index contributed by atoms with van der Waals surface area (Å²) in [5.41, 5.74) is -0.510. The minimum absolute atomic E-state index is 0.212. The Morgan fingerprint density at radius 2 is 2.00 bits per heavy atom. The van der Waals surface area contributed by atoms with Crippen molar-refractivity contribution in [2.45, 2.75) is 33.3 Å². The Morgan fingerprint density at radius 1 is 1.40 bits per heavy atom. The van der Waals surface area contributed by atoms with Gasteiger partial charge in [-0.2, -0.15) is 0 Å². The molecule has 3 nitrogen and oxygen atoms in total. The van der Waals surface area contributed by atoms with Crippen LogP contribution >= 0.6 is 0 Å². The summed E-state index contributed by atoms with van der Waals surface area (Å²) in [5.74, 6) is 7.89. The molecule has 0 unspecified atom stereocenters. The van der Waals surface area contributed by atoms with Crippen LogP contribution < -0.4 is 0 Å². The second-order valence-electron chi connectivity index (χ2n) is 3.97. The summed E-state index contributed by atoms with van der Waals surface area (Å²) in [6, 6.07) is 0. The highest BCUT2D eigenvalue weighted by molar-refractivity contribution is 5.68. The first-order valence-corrected chi connectivity index (χ1v) is 4.71. The molecule has 0 N–H and O–H groups in total.